The van der Waals surface area contributed by atoms with E-state index in [0.717, 1.165) is 36.3 Å². The number of pyridine rings is 1. The van der Waals surface area contributed by atoms with Crippen molar-refractivity contribution in [3.8, 4) is 5.88 Å². The Labute approximate surface area is 194 Å². The van der Waals surface area contributed by atoms with E-state index >= 15 is 0 Å². The molecule has 2 aliphatic heterocycles. The summed E-state index contributed by atoms with van der Waals surface area (Å²) >= 11 is 0. The molecular weight excluding hydrogens is 420 g/mol. The van der Waals surface area contributed by atoms with E-state index in [1.165, 1.54) is 5.56 Å². The van der Waals surface area contributed by atoms with Gasteiger partial charge in [0.15, 0.2) is 5.84 Å². The summed E-state index contributed by atoms with van der Waals surface area (Å²) in [6.07, 6.45) is 2.74. The van der Waals surface area contributed by atoms with E-state index in [2.05, 4.69) is 36.9 Å². The molecule has 2 aliphatic rings. The number of hydrazone groups is 1. The number of carbonyl (C=O) groups excluding carboxylic acids is 1. The smallest absolute Gasteiger partial charge is 0.276 e. The van der Waals surface area contributed by atoms with Gasteiger partial charge in [-0.1, -0.05) is 0 Å². The summed E-state index contributed by atoms with van der Waals surface area (Å²) in [5, 5.41) is 7.82. The van der Waals surface area contributed by atoms with Crippen LogP contribution in [0.15, 0.2) is 17.2 Å². The first-order valence-corrected chi connectivity index (χ1v) is 11.3. The molecule has 10 heteroatoms. The number of likely N-dealkylation sites (tertiary alicyclic amines) is 1. The van der Waals surface area contributed by atoms with Crippen LogP contribution in [0.3, 0.4) is 0 Å². The second-order valence-electron chi connectivity index (χ2n) is 8.95. The molecule has 0 radical (unpaired) electrons. The number of rotatable bonds is 5. The van der Waals surface area contributed by atoms with Crippen molar-refractivity contribution in [1.82, 2.24) is 20.3 Å². The molecule has 4 heterocycles. The van der Waals surface area contributed by atoms with Gasteiger partial charge in [-0.25, -0.2) is 9.97 Å². The molecule has 2 aromatic heterocycles. The number of anilines is 1. The van der Waals surface area contributed by atoms with E-state index in [9.17, 15) is 4.79 Å². The number of H-pyrrole nitrogens is 1. The molecule has 2 aromatic rings. The Bertz CT molecular complexity index is 1100. The number of nitrogens with zero attached hydrogens (tertiary/aromatic N) is 4. The molecule has 176 valence electrons. The van der Waals surface area contributed by atoms with Gasteiger partial charge in [-0.2, -0.15) is 10.1 Å². The molecule has 10 nitrogen and oxygen atoms in total. The van der Waals surface area contributed by atoms with Gasteiger partial charge < -0.3 is 20.8 Å². The standard InChI is InChI=1S/C23H32N8O2/c1-13(18-11-19(33-5)28-15(3)27-18)22(32)31-9-8-23(12-31)7-6-16-10-17(20(24)30-25-4)14(2)26-21(16)29-23/h10-11,13,25H,6-9,12H2,1-5H3,(H2,24,30)(H,26,29)/p+1/t13-,23-/m0/s1. The van der Waals surface area contributed by atoms with Gasteiger partial charge in [-0.3, -0.25) is 10.1 Å². The average molecular weight is 454 g/mol. The molecule has 0 saturated carbocycles. The third-order valence-electron chi connectivity index (χ3n) is 6.65. The highest BCUT2D eigenvalue weighted by atomic mass is 16.5. The van der Waals surface area contributed by atoms with Crippen molar-refractivity contribution >= 4 is 17.6 Å². The lowest BCUT2D eigenvalue weighted by Crippen LogP contribution is -2.47. The van der Waals surface area contributed by atoms with E-state index in [-0.39, 0.29) is 17.4 Å². The maximum atomic E-state index is 13.3. The Hall–Kier alpha value is -3.43. The van der Waals surface area contributed by atoms with Crippen LogP contribution in [0.4, 0.5) is 5.82 Å². The Kier molecular flexibility index (Phi) is 6.09. The molecule has 0 aromatic carbocycles. The quantitative estimate of drug-likeness (QED) is 0.348. The summed E-state index contributed by atoms with van der Waals surface area (Å²) in [6.45, 7) is 7.06. The SMILES string of the molecule is CN/N=C(\N)c1cc2c([nH+]c1C)N[C@@]1(CC2)CCN(C(=O)[C@@H](C)c2cc(OC)nc(C)n2)C1. The van der Waals surface area contributed by atoms with Crippen molar-refractivity contribution in [2.75, 3.05) is 32.6 Å². The zero-order valence-electron chi connectivity index (χ0n) is 20.0. The molecule has 1 saturated heterocycles. The number of ether oxygens (including phenoxy) is 1. The van der Waals surface area contributed by atoms with Crippen LogP contribution in [-0.4, -0.2) is 59.4 Å². The highest BCUT2D eigenvalue weighted by molar-refractivity contribution is 5.98. The van der Waals surface area contributed by atoms with Crippen LogP contribution in [0.2, 0.25) is 0 Å². The topological polar surface area (TPSA) is 132 Å². The Morgan fingerprint density at radius 3 is 2.88 bits per heavy atom. The van der Waals surface area contributed by atoms with Crippen LogP contribution in [0.1, 0.15) is 54.0 Å². The van der Waals surface area contributed by atoms with Crippen LogP contribution in [0.5, 0.6) is 5.88 Å². The monoisotopic (exact) mass is 453 g/mol. The number of methoxy groups -OCH3 is 1. The van der Waals surface area contributed by atoms with Gasteiger partial charge in [-0.15, -0.1) is 0 Å². The summed E-state index contributed by atoms with van der Waals surface area (Å²) in [5.41, 5.74) is 12.4. The van der Waals surface area contributed by atoms with Crippen molar-refractivity contribution in [3.63, 3.8) is 0 Å². The van der Waals surface area contributed by atoms with Crippen LogP contribution < -0.4 is 26.2 Å². The zero-order chi connectivity index (χ0) is 23.8. The van der Waals surface area contributed by atoms with E-state index < -0.39 is 0 Å². The summed E-state index contributed by atoms with van der Waals surface area (Å²) < 4.78 is 5.25. The fourth-order valence-corrected chi connectivity index (χ4v) is 4.80. The van der Waals surface area contributed by atoms with Crippen molar-refractivity contribution in [2.24, 2.45) is 10.8 Å². The second kappa shape index (κ2) is 8.84. The lowest BCUT2D eigenvalue weighted by atomic mass is 9.86. The Morgan fingerprint density at radius 1 is 1.36 bits per heavy atom. The summed E-state index contributed by atoms with van der Waals surface area (Å²) in [5.74, 6) is 2.24. The maximum Gasteiger partial charge on any atom is 0.276 e. The number of aryl methyl sites for hydroxylation is 3. The minimum atomic E-state index is -0.363. The number of amides is 1. The van der Waals surface area contributed by atoms with Crippen molar-refractivity contribution in [2.45, 2.75) is 51.5 Å². The van der Waals surface area contributed by atoms with Gasteiger partial charge in [0.1, 0.15) is 17.1 Å². The average Bonchev–Trinajstić information content (AvgIpc) is 3.20. The summed E-state index contributed by atoms with van der Waals surface area (Å²) in [6, 6.07) is 3.84. The van der Waals surface area contributed by atoms with E-state index in [4.69, 9.17) is 10.5 Å². The predicted octanol–water partition coefficient (Wildman–Crippen LogP) is 0.889. The molecule has 1 amide bonds. The third kappa shape index (κ3) is 4.42. The summed E-state index contributed by atoms with van der Waals surface area (Å²) in [4.78, 5) is 27.4. The van der Waals surface area contributed by atoms with E-state index in [1.54, 1.807) is 27.1 Å². The molecule has 0 unspecified atom stereocenters. The number of nitrogens with one attached hydrogen (secondary N) is 3. The van der Waals surface area contributed by atoms with Gasteiger partial charge in [-0.05, 0) is 39.7 Å². The number of hydrogen-bond donors (Lipinski definition) is 3. The second-order valence-corrected chi connectivity index (χ2v) is 8.95. The normalized spacial score (nSPS) is 20.9. The number of hydrogen-bond acceptors (Lipinski definition) is 7. The first-order valence-electron chi connectivity index (χ1n) is 11.3. The highest BCUT2D eigenvalue weighted by Gasteiger charge is 2.47. The number of fused-ring (bicyclic) bond motifs is 1. The lowest BCUT2D eigenvalue weighted by molar-refractivity contribution is -0.372. The number of nitrogens with two attached hydrogens (primary N) is 1. The van der Waals surface area contributed by atoms with E-state index in [0.29, 0.717) is 36.3 Å². The molecule has 0 aliphatic carbocycles. The molecular formula is C23H33N8O2+. The molecule has 33 heavy (non-hydrogen) atoms. The molecule has 1 spiro atoms. The fourth-order valence-electron chi connectivity index (χ4n) is 4.80. The first kappa shape index (κ1) is 22.8. The number of amidine groups is 1. The number of carbonyl (C=O) groups is 1. The molecule has 2 atom stereocenters. The van der Waals surface area contributed by atoms with Crippen molar-refractivity contribution in [1.29, 1.82) is 0 Å². The minimum absolute atomic E-state index is 0.0752. The zero-order valence-corrected chi connectivity index (χ0v) is 20.0. The summed E-state index contributed by atoms with van der Waals surface area (Å²) in [7, 11) is 3.30. The van der Waals surface area contributed by atoms with Gasteiger partial charge in [0.2, 0.25) is 11.8 Å². The van der Waals surface area contributed by atoms with Gasteiger partial charge in [0.05, 0.1) is 30.8 Å². The highest BCUT2D eigenvalue weighted by Crippen LogP contribution is 2.36. The van der Waals surface area contributed by atoms with Gasteiger partial charge in [0, 0.05) is 31.6 Å². The number of aromatic amines is 1. The largest absolute Gasteiger partial charge is 0.481 e. The molecule has 0 bridgehead atoms. The third-order valence-corrected chi connectivity index (χ3v) is 6.65. The predicted molar refractivity (Wildman–Crippen MR) is 125 cm³/mol. The minimum Gasteiger partial charge on any atom is -0.481 e. The number of aromatic nitrogens is 3. The lowest BCUT2D eigenvalue weighted by Gasteiger charge is -2.31. The van der Waals surface area contributed by atoms with Crippen LogP contribution >= 0.6 is 0 Å². The fraction of sp³-hybridized carbons (Fsp3) is 0.522. The first-order chi connectivity index (χ1) is 15.7. The maximum absolute atomic E-state index is 13.3. The molecule has 4 rings (SSSR count). The van der Waals surface area contributed by atoms with Crippen LogP contribution in [0.25, 0.3) is 0 Å². The van der Waals surface area contributed by atoms with Gasteiger partial charge in [0.25, 0.3) is 5.82 Å². The molecule has 1 fully saturated rings. The molecule has 5 N–H and O–H groups in total. The van der Waals surface area contributed by atoms with Crippen molar-refractivity contribution < 1.29 is 14.5 Å². The Balaban J connectivity index is 1.50. The van der Waals surface area contributed by atoms with E-state index in [1.807, 2.05) is 18.7 Å². The van der Waals surface area contributed by atoms with Crippen LogP contribution in [0, 0.1) is 13.8 Å². The van der Waals surface area contributed by atoms with Gasteiger partial charge >= 0.3 is 0 Å². The Morgan fingerprint density at radius 2 is 2.15 bits per heavy atom. The van der Waals surface area contributed by atoms with Crippen molar-refractivity contribution in [3.05, 3.63) is 40.5 Å². The van der Waals surface area contributed by atoms with Crippen LogP contribution in [-0.2, 0) is 11.2 Å².